The highest BCUT2D eigenvalue weighted by Gasteiger charge is 2.15. The van der Waals surface area contributed by atoms with Crippen LogP contribution in [0.1, 0.15) is 6.42 Å². The molecule has 3 rings (SSSR count). The van der Waals surface area contributed by atoms with E-state index in [-0.39, 0.29) is 18.1 Å². The first-order valence-corrected chi connectivity index (χ1v) is 7.33. The van der Waals surface area contributed by atoms with Gasteiger partial charge in [0.15, 0.2) is 0 Å². The third-order valence-electron chi connectivity index (χ3n) is 3.62. The summed E-state index contributed by atoms with van der Waals surface area (Å²) in [5.41, 5.74) is 8.91. The molecule has 5 nitrogen and oxygen atoms in total. The van der Waals surface area contributed by atoms with Crippen molar-refractivity contribution >= 4 is 5.91 Å². The van der Waals surface area contributed by atoms with E-state index in [9.17, 15) is 9.90 Å². The summed E-state index contributed by atoms with van der Waals surface area (Å²) in [4.78, 5) is 15.6. The Balaban J connectivity index is 2.10. The normalized spacial score (nSPS) is 10.6. The van der Waals surface area contributed by atoms with Crippen LogP contribution in [-0.2, 0) is 11.3 Å². The van der Waals surface area contributed by atoms with Gasteiger partial charge in [-0.2, -0.15) is 0 Å². The molecular formula is C18H17N3O2. The second-order valence-corrected chi connectivity index (χ2v) is 5.26. The Morgan fingerprint density at radius 1 is 1.04 bits per heavy atom. The van der Waals surface area contributed by atoms with Crippen LogP contribution in [0.4, 0.5) is 0 Å². The van der Waals surface area contributed by atoms with E-state index in [0.717, 1.165) is 22.5 Å². The fourth-order valence-electron chi connectivity index (χ4n) is 2.51. The summed E-state index contributed by atoms with van der Waals surface area (Å²) in [5, 5.41) is 9.50. The van der Waals surface area contributed by atoms with Crippen LogP contribution in [0.15, 0.2) is 60.9 Å². The fraction of sp³-hybridized carbons (Fsp3) is 0.111. The standard InChI is InChI=1S/C18H17N3O2/c19-16(23)10-11-21-12-20-17(13-4-2-1-3-5-13)18(21)14-6-8-15(22)9-7-14/h1-9,12,22H,10-11H2,(H2,19,23). The van der Waals surface area contributed by atoms with Crippen molar-refractivity contribution in [3.05, 3.63) is 60.9 Å². The molecule has 0 aliphatic carbocycles. The fourth-order valence-corrected chi connectivity index (χ4v) is 2.51. The smallest absolute Gasteiger partial charge is 0.219 e. The number of primary amides is 1. The average Bonchev–Trinajstić information content (AvgIpc) is 2.98. The van der Waals surface area contributed by atoms with Crippen LogP contribution >= 0.6 is 0 Å². The van der Waals surface area contributed by atoms with Gasteiger partial charge in [0, 0.05) is 24.1 Å². The van der Waals surface area contributed by atoms with Crippen LogP contribution in [0.25, 0.3) is 22.5 Å². The molecule has 1 aromatic heterocycles. The number of aryl methyl sites for hydroxylation is 1. The van der Waals surface area contributed by atoms with E-state index in [2.05, 4.69) is 4.98 Å². The number of aromatic hydroxyl groups is 1. The van der Waals surface area contributed by atoms with Gasteiger partial charge in [-0.05, 0) is 24.3 Å². The zero-order valence-corrected chi connectivity index (χ0v) is 12.5. The van der Waals surface area contributed by atoms with Gasteiger partial charge >= 0.3 is 0 Å². The number of hydrogen-bond donors (Lipinski definition) is 2. The second-order valence-electron chi connectivity index (χ2n) is 5.26. The number of carbonyl (C=O) groups is 1. The lowest BCUT2D eigenvalue weighted by Gasteiger charge is -2.10. The molecule has 5 heteroatoms. The topological polar surface area (TPSA) is 81.1 Å². The number of rotatable bonds is 5. The Kier molecular flexibility index (Phi) is 4.10. The number of aromatic nitrogens is 2. The number of phenolic OH excluding ortho intramolecular Hbond substituents is 1. The number of nitrogens with two attached hydrogens (primary N) is 1. The Morgan fingerprint density at radius 2 is 1.74 bits per heavy atom. The molecular weight excluding hydrogens is 290 g/mol. The van der Waals surface area contributed by atoms with Crippen LogP contribution < -0.4 is 5.73 Å². The second kappa shape index (κ2) is 6.36. The van der Waals surface area contributed by atoms with Crippen molar-refractivity contribution in [3.8, 4) is 28.3 Å². The lowest BCUT2D eigenvalue weighted by molar-refractivity contribution is -0.118. The lowest BCUT2D eigenvalue weighted by atomic mass is 10.0. The van der Waals surface area contributed by atoms with Crippen LogP contribution in [0.3, 0.4) is 0 Å². The summed E-state index contributed by atoms with van der Waals surface area (Å²) >= 11 is 0. The Bertz CT molecular complexity index is 808. The zero-order valence-electron chi connectivity index (χ0n) is 12.5. The molecule has 0 aliphatic rings. The third kappa shape index (κ3) is 3.23. The van der Waals surface area contributed by atoms with E-state index < -0.39 is 0 Å². The van der Waals surface area contributed by atoms with Gasteiger partial charge in [0.25, 0.3) is 0 Å². The van der Waals surface area contributed by atoms with Crippen molar-refractivity contribution in [1.82, 2.24) is 9.55 Å². The van der Waals surface area contributed by atoms with Crippen molar-refractivity contribution in [2.45, 2.75) is 13.0 Å². The van der Waals surface area contributed by atoms with Crippen LogP contribution in [0, 0.1) is 0 Å². The Hall–Kier alpha value is -3.08. The number of nitrogens with zero attached hydrogens (tertiary/aromatic N) is 2. The number of phenols is 1. The van der Waals surface area contributed by atoms with Crippen molar-refractivity contribution in [1.29, 1.82) is 0 Å². The van der Waals surface area contributed by atoms with E-state index in [4.69, 9.17) is 5.73 Å². The van der Waals surface area contributed by atoms with Gasteiger partial charge in [0.05, 0.1) is 17.7 Å². The summed E-state index contributed by atoms with van der Waals surface area (Å²) in [6.45, 7) is 0.464. The molecule has 3 N–H and O–H groups in total. The van der Waals surface area contributed by atoms with Crippen molar-refractivity contribution in [2.24, 2.45) is 5.73 Å². The van der Waals surface area contributed by atoms with Crippen LogP contribution in [-0.4, -0.2) is 20.6 Å². The zero-order chi connectivity index (χ0) is 16.2. The molecule has 0 atom stereocenters. The molecule has 116 valence electrons. The summed E-state index contributed by atoms with van der Waals surface area (Å²) in [7, 11) is 0. The number of hydrogen-bond acceptors (Lipinski definition) is 3. The van der Waals surface area contributed by atoms with Crippen molar-refractivity contribution < 1.29 is 9.90 Å². The first kappa shape index (κ1) is 14.8. The molecule has 3 aromatic rings. The molecule has 0 unspecified atom stereocenters. The first-order valence-electron chi connectivity index (χ1n) is 7.33. The minimum Gasteiger partial charge on any atom is -0.508 e. The maximum Gasteiger partial charge on any atom is 0.219 e. The predicted molar refractivity (Wildman–Crippen MR) is 88.6 cm³/mol. The Labute approximate surface area is 134 Å². The number of benzene rings is 2. The van der Waals surface area contributed by atoms with E-state index in [1.54, 1.807) is 18.5 Å². The SMILES string of the molecule is NC(=O)CCn1cnc(-c2ccccc2)c1-c1ccc(O)cc1. The monoisotopic (exact) mass is 307 g/mol. The molecule has 2 aromatic carbocycles. The summed E-state index contributed by atoms with van der Waals surface area (Å²) in [5.74, 6) is -0.144. The van der Waals surface area contributed by atoms with E-state index >= 15 is 0 Å². The van der Waals surface area contributed by atoms with Crippen LogP contribution in [0.2, 0.25) is 0 Å². The Morgan fingerprint density at radius 3 is 2.39 bits per heavy atom. The number of imidazole rings is 1. The quantitative estimate of drug-likeness (QED) is 0.760. The van der Waals surface area contributed by atoms with Gasteiger partial charge in [-0.3, -0.25) is 4.79 Å². The van der Waals surface area contributed by atoms with Gasteiger partial charge in [-0.1, -0.05) is 30.3 Å². The van der Waals surface area contributed by atoms with Crippen molar-refractivity contribution in [2.75, 3.05) is 0 Å². The van der Waals surface area contributed by atoms with E-state index in [1.165, 1.54) is 0 Å². The van der Waals surface area contributed by atoms with E-state index in [1.807, 2.05) is 47.0 Å². The maximum atomic E-state index is 11.1. The third-order valence-corrected chi connectivity index (χ3v) is 3.62. The number of carbonyl (C=O) groups excluding carboxylic acids is 1. The lowest BCUT2D eigenvalue weighted by Crippen LogP contribution is -2.14. The predicted octanol–water partition coefficient (Wildman–Crippen LogP) is 2.80. The number of amides is 1. The average molecular weight is 307 g/mol. The summed E-state index contributed by atoms with van der Waals surface area (Å²) in [6, 6.07) is 16.8. The molecule has 0 saturated carbocycles. The molecule has 0 bridgehead atoms. The molecule has 0 spiro atoms. The molecule has 0 fully saturated rings. The molecule has 0 radical (unpaired) electrons. The highest BCUT2D eigenvalue weighted by atomic mass is 16.3. The first-order chi connectivity index (χ1) is 11.1. The molecule has 23 heavy (non-hydrogen) atoms. The molecule has 1 amide bonds. The highest BCUT2D eigenvalue weighted by molar-refractivity contribution is 5.79. The van der Waals surface area contributed by atoms with Gasteiger partial charge in [-0.25, -0.2) is 4.98 Å². The van der Waals surface area contributed by atoms with Crippen molar-refractivity contribution in [3.63, 3.8) is 0 Å². The molecule has 0 saturated heterocycles. The molecule has 1 heterocycles. The van der Waals surface area contributed by atoms with Gasteiger partial charge in [-0.15, -0.1) is 0 Å². The minimum atomic E-state index is -0.350. The summed E-state index contributed by atoms with van der Waals surface area (Å²) < 4.78 is 1.92. The largest absolute Gasteiger partial charge is 0.508 e. The minimum absolute atomic E-state index is 0.207. The summed E-state index contributed by atoms with van der Waals surface area (Å²) in [6.07, 6.45) is 1.96. The highest BCUT2D eigenvalue weighted by Crippen LogP contribution is 2.32. The molecule has 0 aliphatic heterocycles. The van der Waals surface area contributed by atoms with Crippen LogP contribution in [0.5, 0.6) is 5.75 Å². The van der Waals surface area contributed by atoms with Gasteiger partial charge in [0.1, 0.15) is 5.75 Å². The van der Waals surface area contributed by atoms with E-state index in [0.29, 0.717) is 6.54 Å². The van der Waals surface area contributed by atoms with Gasteiger partial charge in [0.2, 0.25) is 5.91 Å². The van der Waals surface area contributed by atoms with Gasteiger partial charge < -0.3 is 15.4 Å². The maximum absolute atomic E-state index is 11.1.